The molecule has 0 spiro atoms. The molecule has 0 radical (unpaired) electrons. The maximum absolute atomic E-state index is 7.31. The van der Waals surface area contributed by atoms with Crippen molar-refractivity contribution in [3.05, 3.63) is 231 Å². The summed E-state index contributed by atoms with van der Waals surface area (Å²) in [6.45, 7) is -0.244. The number of fused-ring (bicyclic) bond motifs is 22. The van der Waals surface area contributed by atoms with Gasteiger partial charge in [0.05, 0.1) is 16.6 Å². The molecule has 4 aromatic heterocycles. The van der Waals surface area contributed by atoms with Gasteiger partial charge in [0.2, 0.25) is 0 Å². The third-order valence-electron chi connectivity index (χ3n) is 16.7. The van der Waals surface area contributed by atoms with Crippen molar-refractivity contribution in [3.8, 4) is 33.4 Å². The number of rotatable bonds is 3. The second-order valence-electron chi connectivity index (χ2n) is 20.3. The highest BCUT2D eigenvalue weighted by atomic mass is 16.3. The Bertz CT molecular complexity index is 5040. The lowest BCUT2D eigenvalue weighted by Gasteiger charge is -2.41. The number of furan rings is 1. The van der Waals surface area contributed by atoms with E-state index in [9.17, 15) is 0 Å². The predicted molar refractivity (Wildman–Crippen MR) is 308 cm³/mol. The van der Waals surface area contributed by atoms with Gasteiger partial charge in [-0.05, 0) is 115 Å². The quantitative estimate of drug-likeness (QED) is 0.165. The van der Waals surface area contributed by atoms with E-state index >= 15 is 0 Å². The van der Waals surface area contributed by atoms with E-state index in [0.717, 1.165) is 33.3 Å². The van der Waals surface area contributed by atoms with E-state index in [2.05, 4.69) is 244 Å². The van der Waals surface area contributed by atoms with E-state index in [0.29, 0.717) is 0 Å². The number of para-hydroxylation sites is 3. The molecule has 18 rings (SSSR count). The lowest BCUT2D eigenvalue weighted by Crippen LogP contribution is -2.57. The molecule has 6 heterocycles. The first-order valence-electron chi connectivity index (χ1n) is 25.4. The summed E-state index contributed by atoms with van der Waals surface area (Å²) in [6.07, 6.45) is 0. The van der Waals surface area contributed by atoms with Crippen LogP contribution in [0.4, 0.5) is 17.1 Å². The van der Waals surface area contributed by atoms with Crippen LogP contribution in [0.5, 0.6) is 0 Å². The molecule has 4 nitrogen and oxygen atoms in total. The van der Waals surface area contributed by atoms with Gasteiger partial charge >= 0.3 is 6.85 Å². The highest BCUT2D eigenvalue weighted by Crippen LogP contribution is 2.54. The van der Waals surface area contributed by atoms with Crippen molar-refractivity contribution in [2.75, 3.05) is 4.90 Å². The highest BCUT2D eigenvalue weighted by molar-refractivity contribution is 6.92. The SMILES string of the molecule is c1ccc(-c2cc(-c3ccccc3)cc(N3c4cc5c(oc6ccccc65)c5c4B(c4c3cc3c6ccccc6n6c7ccccc7c4c36)n3c4ccc6ccccc6c4c4c6ccccc6cc-5c43)c2)cc1. The fourth-order valence-electron chi connectivity index (χ4n) is 13.9. The maximum atomic E-state index is 7.31. The molecule has 73 heavy (non-hydrogen) atoms. The molecule has 16 aromatic rings. The minimum Gasteiger partial charge on any atom is -0.455 e. The van der Waals surface area contributed by atoms with Crippen molar-refractivity contribution in [1.29, 1.82) is 0 Å². The van der Waals surface area contributed by atoms with Crippen LogP contribution in [0.25, 0.3) is 137 Å². The molecular formula is C68H38BN3O. The van der Waals surface area contributed by atoms with Gasteiger partial charge in [0, 0.05) is 82.3 Å². The monoisotopic (exact) mass is 923 g/mol. The van der Waals surface area contributed by atoms with Crippen LogP contribution in [0.1, 0.15) is 0 Å². The molecule has 0 unspecified atom stereocenters. The zero-order chi connectivity index (χ0) is 47.2. The van der Waals surface area contributed by atoms with E-state index < -0.39 is 0 Å². The Morgan fingerprint density at radius 2 is 0.945 bits per heavy atom. The minimum atomic E-state index is -0.244. The first kappa shape index (κ1) is 38.2. The molecule has 2 aliphatic rings. The van der Waals surface area contributed by atoms with E-state index in [1.165, 1.54) is 131 Å². The summed E-state index contributed by atoms with van der Waals surface area (Å²) < 4.78 is 12.6. The largest absolute Gasteiger partial charge is 0.455 e. The summed E-state index contributed by atoms with van der Waals surface area (Å²) in [6, 6.07) is 85.9. The van der Waals surface area contributed by atoms with Gasteiger partial charge in [0.1, 0.15) is 11.2 Å². The third-order valence-corrected chi connectivity index (χ3v) is 16.7. The topological polar surface area (TPSA) is 25.7 Å². The van der Waals surface area contributed by atoms with Crippen molar-refractivity contribution in [2.45, 2.75) is 0 Å². The van der Waals surface area contributed by atoms with E-state index in [1.807, 2.05) is 0 Å². The Morgan fingerprint density at radius 3 is 1.70 bits per heavy atom. The van der Waals surface area contributed by atoms with Crippen molar-refractivity contribution < 1.29 is 4.42 Å². The molecule has 0 bridgehead atoms. The lowest BCUT2D eigenvalue weighted by atomic mass is 9.44. The predicted octanol–water partition coefficient (Wildman–Crippen LogP) is 16.9. The van der Waals surface area contributed by atoms with Gasteiger partial charge in [-0.15, -0.1) is 0 Å². The Morgan fingerprint density at radius 1 is 0.356 bits per heavy atom. The minimum absolute atomic E-state index is 0.244. The maximum Gasteiger partial charge on any atom is 0.333 e. The number of hydrogen-bond donors (Lipinski definition) is 0. The molecule has 0 fully saturated rings. The molecule has 2 aliphatic heterocycles. The molecule has 0 aliphatic carbocycles. The van der Waals surface area contributed by atoms with Crippen LogP contribution in [0, 0.1) is 0 Å². The highest BCUT2D eigenvalue weighted by Gasteiger charge is 2.47. The second kappa shape index (κ2) is 13.6. The third kappa shape index (κ3) is 4.78. The fourth-order valence-corrected chi connectivity index (χ4v) is 13.9. The molecular weight excluding hydrogens is 886 g/mol. The van der Waals surface area contributed by atoms with Gasteiger partial charge in [-0.1, -0.05) is 170 Å². The summed E-state index contributed by atoms with van der Waals surface area (Å²) in [4.78, 5) is 2.64. The van der Waals surface area contributed by atoms with Crippen molar-refractivity contribution in [1.82, 2.24) is 8.88 Å². The number of nitrogens with zero attached hydrogens (tertiary/aromatic N) is 3. The molecule has 0 N–H and O–H groups in total. The smallest absolute Gasteiger partial charge is 0.333 e. The molecule has 12 aromatic carbocycles. The Kier molecular flexibility index (Phi) is 7.14. The van der Waals surface area contributed by atoms with Crippen LogP contribution >= 0.6 is 0 Å². The standard InChI is InChI=1S/C68H38BN3O/c1-3-17-39(18-4-1)43-33-44(40-19-5-2-6-20-40)35-45(34-43)70-57-37-51-48-25-11-14-28-54(48)71-55-29-15-12-27-50(55)62(66(51)71)64(57)69-65-58(70)38-52-49-26-13-16-30-59(49)73-68(52)63(65)53-36-42-22-8-10-24-47(42)61-60-46-23-9-7-21-41(46)31-32-56(60)72(69)67(53)61/h1-38H. The number of anilines is 3. The van der Waals surface area contributed by atoms with Gasteiger partial charge in [-0.3, -0.25) is 0 Å². The molecule has 0 saturated heterocycles. The summed E-state index contributed by atoms with van der Waals surface area (Å²) in [7, 11) is 0. The van der Waals surface area contributed by atoms with Crippen LogP contribution in [0.15, 0.2) is 235 Å². The Hall–Kier alpha value is -9.58. The normalized spacial score (nSPS) is 13.2. The number of benzene rings is 12. The molecule has 334 valence electrons. The zero-order valence-electron chi connectivity index (χ0n) is 39.3. The molecule has 0 amide bonds. The van der Waals surface area contributed by atoms with Crippen molar-refractivity contribution in [2.24, 2.45) is 0 Å². The van der Waals surface area contributed by atoms with Crippen molar-refractivity contribution >= 4 is 138 Å². The van der Waals surface area contributed by atoms with Crippen LogP contribution in [-0.4, -0.2) is 15.7 Å². The second-order valence-corrected chi connectivity index (χ2v) is 20.3. The summed E-state index contributed by atoms with van der Waals surface area (Å²) in [5.41, 5.74) is 21.0. The Labute approximate surface area is 418 Å². The molecule has 5 heteroatoms. The van der Waals surface area contributed by atoms with Gasteiger partial charge in [0.15, 0.2) is 0 Å². The zero-order valence-corrected chi connectivity index (χ0v) is 39.3. The first-order valence-corrected chi connectivity index (χ1v) is 25.4. The van der Waals surface area contributed by atoms with Crippen LogP contribution in [0.3, 0.4) is 0 Å². The van der Waals surface area contributed by atoms with Crippen LogP contribution in [0.2, 0.25) is 0 Å². The lowest BCUT2D eigenvalue weighted by molar-refractivity contribution is 0.670. The van der Waals surface area contributed by atoms with Crippen LogP contribution < -0.4 is 15.8 Å². The van der Waals surface area contributed by atoms with Gasteiger partial charge in [0.25, 0.3) is 0 Å². The number of hydrogen-bond acceptors (Lipinski definition) is 2. The Balaban J connectivity index is 1.11. The van der Waals surface area contributed by atoms with E-state index in [4.69, 9.17) is 4.42 Å². The van der Waals surface area contributed by atoms with Gasteiger partial charge in [-0.2, -0.15) is 0 Å². The van der Waals surface area contributed by atoms with Gasteiger partial charge < -0.3 is 18.2 Å². The van der Waals surface area contributed by atoms with Gasteiger partial charge in [-0.25, -0.2) is 0 Å². The molecule has 0 atom stereocenters. The summed E-state index contributed by atoms with van der Waals surface area (Å²) >= 11 is 0. The number of aromatic nitrogens is 2. The van der Waals surface area contributed by atoms with E-state index in [1.54, 1.807) is 0 Å². The van der Waals surface area contributed by atoms with Crippen LogP contribution in [-0.2, 0) is 0 Å². The summed E-state index contributed by atoms with van der Waals surface area (Å²) in [5.74, 6) is 0. The van der Waals surface area contributed by atoms with Crippen molar-refractivity contribution in [3.63, 3.8) is 0 Å². The average molecular weight is 924 g/mol. The average Bonchev–Trinajstić information content (AvgIpc) is 4.31. The first-order chi connectivity index (χ1) is 36.2. The summed E-state index contributed by atoms with van der Waals surface area (Å²) in [5, 5.41) is 14.8. The molecule has 0 saturated carbocycles. The van der Waals surface area contributed by atoms with E-state index in [-0.39, 0.29) is 6.85 Å². The fraction of sp³-hybridized carbons (Fsp3) is 0.